The molecule has 0 aromatic heterocycles. The van der Waals surface area contributed by atoms with Gasteiger partial charge >= 0.3 is 6.09 Å². The quantitative estimate of drug-likeness (QED) is 0.610. The third-order valence-corrected chi connectivity index (χ3v) is 5.84. The number of fused-ring (bicyclic) bond motifs is 2. The first kappa shape index (κ1) is 19.5. The van der Waals surface area contributed by atoms with E-state index in [1.807, 2.05) is 6.07 Å². The highest BCUT2D eigenvalue weighted by Gasteiger charge is 2.28. The SMILES string of the molecule is I.O=C1OCCN1c1cccc2c1CCN(CCc1ccc3c(c1)CCO3)C2. The molecule has 0 radical (unpaired) electrons. The van der Waals surface area contributed by atoms with Gasteiger partial charge in [0.05, 0.1) is 18.8 Å². The first-order valence-corrected chi connectivity index (χ1v) is 9.80. The monoisotopic (exact) mass is 492 g/mol. The van der Waals surface area contributed by atoms with Crippen molar-refractivity contribution in [2.24, 2.45) is 0 Å². The van der Waals surface area contributed by atoms with E-state index in [2.05, 4.69) is 35.2 Å². The van der Waals surface area contributed by atoms with Gasteiger partial charge in [0, 0.05) is 26.1 Å². The van der Waals surface area contributed by atoms with Crippen LogP contribution in [-0.2, 0) is 30.5 Å². The fraction of sp³-hybridized carbons (Fsp3) is 0.409. The highest BCUT2D eigenvalue weighted by Crippen LogP contribution is 2.31. The molecular weight excluding hydrogens is 467 g/mol. The Labute approximate surface area is 182 Å². The van der Waals surface area contributed by atoms with E-state index in [0.29, 0.717) is 13.2 Å². The van der Waals surface area contributed by atoms with E-state index in [-0.39, 0.29) is 30.1 Å². The zero-order chi connectivity index (χ0) is 18.2. The van der Waals surface area contributed by atoms with Gasteiger partial charge < -0.3 is 9.47 Å². The van der Waals surface area contributed by atoms with E-state index in [1.165, 1.54) is 22.3 Å². The summed E-state index contributed by atoms with van der Waals surface area (Å²) in [4.78, 5) is 16.2. The van der Waals surface area contributed by atoms with Crippen molar-refractivity contribution in [3.05, 3.63) is 58.7 Å². The average molecular weight is 492 g/mol. The number of carbonyl (C=O) groups excluding carboxylic acids is 1. The molecule has 5 rings (SSSR count). The van der Waals surface area contributed by atoms with Gasteiger partial charge in [0.15, 0.2) is 0 Å². The third-order valence-electron chi connectivity index (χ3n) is 5.84. The van der Waals surface area contributed by atoms with Crippen molar-refractivity contribution in [2.75, 3.05) is 37.7 Å². The highest BCUT2D eigenvalue weighted by atomic mass is 127. The van der Waals surface area contributed by atoms with Crippen molar-refractivity contribution < 1.29 is 14.3 Å². The van der Waals surface area contributed by atoms with Crippen molar-refractivity contribution >= 4 is 35.8 Å². The number of nitrogens with zero attached hydrogens (tertiary/aromatic N) is 2. The summed E-state index contributed by atoms with van der Waals surface area (Å²) in [5.41, 5.74) is 6.41. The molecule has 28 heavy (non-hydrogen) atoms. The molecule has 0 saturated carbocycles. The van der Waals surface area contributed by atoms with Crippen molar-refractivity contribution in [2.45, 2.75) is 25.8 Å². The molecule has 1 fully saturated rings. The minimum atomic E-state index is -0.216. The largest absolute Gasteiger partial charge is 0.493 e. The molecule has 3 heterocycles. The molecule has 1 saturated heterocycles. The summed E-state index contributed by atoms with van der Waals surface area (Å²) in [5, 5.41) is 0. The molecule has 0 unspecified atom stereocenters. The topological polar surface area (TPSA) is 42.0 Å². The molecule has 1 amide bonds. The van der Waals surface area contributed by atoms with Gasteiger partial charge in [0.2, 0.25) is 0 Å². The number of anilines is 1. The smallest absolute Gasteiger partial charge is 0.414 e. The lowest BCUT2D eigenvalue weighted by molar-refractivity contribution is 0.181. The molecule has 0 atom stereocenters. The lowest BCUT2D eigenvalue weighted by Crippen LogP contribution is -2.34. The van der Waals surface area contributed by atoms with Crippen molar-refractivity contribution in [1.82, 2.24) is 4.90 Å². The van der Waals surface area contributed by atoms with Gasteiger partial charge in [-0.25, -0.2) is 4.79 Å². The Balaban J connectivity index is 0.00000192. The number of carbonyl (C=O) groups is 1. The number of cyclic esters (lactones) is 1. The molecule has 3 aliphatic heterocycles. The van der Waals surface area contributed by atoms with Gasteiger partial charge in [-0.2, -0.15) is 0 Å². The molecule has 5 nitrogen and oxygen atoms in total. The number of ether oxygens (including phenoxy) is 2. The molecular formula is C22H25IN2O3. The standard InChI is InChI=1S/C22H24N2O3.HI/c25-22-24(11-13-27-22)20-3-1-2-18-15-23(10-7-19(18)20)9-6-16-4-5-21-17(14-16)8-12-26-21;/h1-5,14H,6-13,15H2;1H. The maximum absolute atomic E-state index is 11.9. The molecule has 2 aromatic rings. The van der Waals surface area contributed by atoms with Gasteiger partial charge in [0.1, 0.15) is 12.4 Å². The van der Waals surface area contributed by atoms with Crippen LogP contribution in [0.5, 0.6) is 5.75 Å². The average Bonchev–Trinajstić information content (AvgIpc) is 3.34. The summed E-state index contributed by atoms with van der Waals surface area (Å²) >= 11 is 0. The van der Waals surface area contributed by atoms with Crippen LogP contribution in [0.3, 0.4) is 0 Å². The number of hydrogen-bond donors (Lipinski definition) is 0. The van der Waals surface area contributed by atoms with Crippen LogP contribution in [0.25, 0.3) is 0 Å². The second-order valence-corrected chi connectivity index (χ2v) is 7.50. The summed E-state index contributed by atoms with van der Waals surface area (Å²) in [6.07, 6.45) is 2.85. The van der Waals surface area contributed by atoms with E-state index >= 15 is 0 Å². The summed E-state index contributed by atoms with van der Waals surface area (Å²) in [6.45, 7) is 4.98. The second-order valence-electron chi connectivity index (χ2n) is 7.50. The van der Waals surface area contributed by atoms with Crippen molar-refractivity contribution in [1.29, 1.82) is 0 Å². The Morgan fingerprint density at radius 3 is 2.75 bits per heavy atom. The first-order valence-electron chi connectivity index (χ1n) is 9.80. The van der Waals surface area contributed by atoms with E-state index in [4.69, 9.17) is 9.47 Å². The van der Waals surface area contributed by atoms with E-state index in [9.17, 15) is 4.79 Å². The van der Waals surface area contributed by atoms with Crippen LogP contribution >= 0.6 is 24.0 Å². The van der Waals surface area contributed by atoms with Crippen LogP contribution in [-0.4, -0.2) is 43.8 Å². The molecule has 0 aliphatic carbocycles. The van der Waals surface area contributed by atoms with Gasteiger partial charge in [-0.05, 0) is 47.2 Å². The lowest BCUT2D eigenvalue weighted by Gasteiger charge is -2.31. The first-order chi connectivity index (χ1) is 13.3. The zero-order valence-electron chi connectivity index (χ0n) is 15.9. The maximum atomic E-state index is 11.9. The Hall–Kier alpha value is -1.80. The molecule has 0 spiro atoms. The van der Waals surface area contributed by atoms with E-state index in [1.54, 1.807) is 4.90 Å². The van der Waals surface area contributed by atoms with Gasteiger partial charge in [-0.15, -0.1) is 24.0 Å². The van der Waals surface area contributed by atoms with Gasteiger partial charge in [0.25, 0.3) is 0 Å². The summed E-state index contributed by atoms with van der Waals surface area (Å²) in [5.74, 6) is 1.05. The summed E-state index contributed by atoms with van der Waals surface area (Å²) in [7, 11) is 0. The molecule has 0 N–H and O–H groups in total. The van der Waals surface area contributed by atoms with Crippen molar-refractivity contribution in [3.8, 4) is 5.75 Å². The zero-order valence-corrected chi connectivity index (χ0v) is 18.2. The third kappa shape index (κ3) is 3.72. The fourth-order valence-electron chi connectivity index (χ4n) is 4.39. The number of amides is 1. The van der Waals surface area contributed by atoms with Crippen LogP contribution in [0.15, 0.2) is 36.4 Å². The Bertz CT molecular complexity index is 886. The van der Waals surface area contributed by atoms with Crippen LogP contribution in [0.1, 0.15) is 22.3 Å². The number of benzene rings is 2. The Kier molecular flexibility index (Phi) is 5.78. The van der Waals surface area contributed by atoms with Crippen LogP contribution in [0.2, 0.25) is 0 Å². The predicted octanol–water partition coefficient (Wildman–Crippen LogP) is 3.80. The molecule has 2 aromatic carbocycles. The van der Waals surface area contributed by atoms with Crippen molar-refractivity contribution in [3.63, 3.8) is 0 Å². The highest BCUT2D eigenvalue weighted by molar-refractivity contribution is 14.0. The molecule has 148 valence electrons. The van der Waals surface area contributed by atoms with Gasteiger partial charge in [-0.1, -0.05) is 24.3 Å². The molecule has 6 heteroatoms. The number of hydrogen-bond acceptors (Lipinski definition) is 4. The van der Waals surface area contributed by atoms with Crippen LogP contribution < -0.4 is 9.64 Å². The Morgan fingerprint density at radius 2 is 1.89 bits per heavy atom. The second kappa shape index (κ2) is 8.29. The number of halogens is 1. The fourth-order valence-corrected chi connectivity index (χ4v) is 4.39. The Morgan fingerprint density at radius 1 is 0.964 bits per heavy atom. The van der Waals surface area contributed by atoms with Crippen LogP contribution in [0, 0.1) is 0 Å². The summed E-state index contributed by atoms with van der Waals surface area (Å²) < 4.78 is 10.7. The molecule has 3 aliphatic rings. The maximum Gasteiger partial charge on any atom is 0.414 e. The predicted molar refractivity (Wildman–Crippen MR) is 119 cm³/mol. The number of rotatable bonds is 4. The minimum Gasteiger partial charge on any atom is -0.493 e. The van der Waals surface area contributed by atoms with Crippen LogP contribution in [0.4, 0.5) is 10.5 Å². The normalized spacial score (nSPS) is 18.1. The van der Waals surface area contributed by atoms with Gasteiger partial charge in [-0.3, -0.25) is 9.80 Å². The van der Waals surface area contributed by atoms with E-state index in [0.717, 1.165) is 56.9 Å². The minimum absolute atomic E-state index is 0. The lowest BCUT2D eigenvalue weighted by atomic mass is 9.96. The molecule has 0 bridgehead atoms. The van der Waals surface area contributed by atoms with E-state index < -0.39 is 0 Å². The summed E-state index contributed by atoms with van der Waals surface area (Å²) in [6, 6.07) is 12.9.